The van der Waals surface area contributed by atoms with Crippen LogP contribution in [0.5, 0.6) is 0 Å². The van der Waals surface area contributed by atoms with Crippen LogP contribution in [0.25, 0.3) is 0 Å². The summed E-state index contributed by atoms with van der Waals surface area (Å²) in [6, 6.07) is 1.65. The SMILES string of the molecule is COC(=O)c1ccoc1CN1CCC(C(=O)N2CCCCC2)CC1. The van der Waals surface area contributed by atoms with E-state index in [0.29, 0.717) is 23.8 Å². The quantitative estimate of drug-likeness (QED) is 0.791. The molecule has 0 unspecified atom stereocenters. The Morgan fingerprint density at radius 3 is 2.54 bits per heavy atom. The fourth-order valence-corrected chi connectivity index (χ4v) is 3.67. The largest absolute Gasteiger partial charge is 0.467 e. The number of amides is 1. The number of piperidine rings is 2. The number of hydrogen-bond acceptors (Lipinski definition) is 5. The number of carbonyl (C=O) groups excluding carboxylic acids is 2. The van der Waals surface area contributed by atoms with E-state index in [-0.39, 0.29) is 11.9 Å². The van der Waals surface area contributed by atoms with Gasteiger partial charge in [0.1, 0.15) is 11.3 Å². The summed E-state index contributed by atoms with van der Waals surface area (Å²) in [6.07, 6.45) is 6.80. The summed E-state index contributed by atoms with van der Waals surface area (Å²) in [5.41, 5.74) is 0.490. The number of hydrogen-bond donors (Lipinski definition) is 0. The van der Waals surface area contributed by atoms with Gasteiger partial charge in [-0.15, -0.1) is 0 Å². The molecule has 0 N–H and O–H groups in total. The molecule has 3 heterocycles. The molecule has 1 amide bonds. The molecule has 24 heavy (non-hydrogen) atoms. The Morgan fingerprint density at radius 1 is 1.17 bits per heavy atom. The summed E-state index contributed by atoms with van der Waals surface area (Å²) < 4.78 is 10.2. The van der Waals surface area contributed by atoms with Crippen molar-refractivity contribution in [3.63, 3.8) is 0 Å². The molecule has 0 aliphatic carbocycles. The van der Waals surface area contributed by atoms with Crippen molar-refractivity contribution in [2.45, 2.75) is 38.6 Å². The van der Waals surface area contributed by atoms with E-state index in [1.165, 1.54) is 19.8 Å². The molecule has 1 aromatic rings. The van der Waals surface area contributed by atoms with Gasteiger partial charge in [0, 0.05) is 19.0 Å². The van der Waals surface area contributed by atoms with E-state index >= 15 is 0 Å². The van der Waals surface area contributed by atoms with Gasteiger partial charge in [0.15, 0.2) is 0 Å². The average molecular weight is 334 g/mol. The normalized spacial score (nSPS) is 20.1. The molecule has 0 aromatic carbocycles. The summed E-state index contributed by atoms with van der Waals surface area (Å²) in [5, 5.41) is 0. The lowest BCUT2D eigenvalue weighted by atomic mass is 9.94. The topological polar surface area (TPSA) is 63.0 Å². The Bertz CT molecular complexity index is 569. The summed E-state index contributed by atoms with van der Waals surface area (Å²) in [4.78, 5) is 28.6. The highest BCUT2D eigenvalue weighted by atomic mass is 16.5. The van der Waals surface area contributed by atoms with E-state index in [1.807, 2.05) is 4.90 Å². The minimum Gasteiger partial charge on any atom is -0.467 e. The van der Waals surface area contributed by atoms with Crippen LogP contribution in [-0.4, -0.2) is 55.0 Å². The maximum absolute atomic E-state index is 12.6. The summed E-state index contributed by atoms with van der Waals surface area (Å²) in [7, 11) is 1.37. The molecular weight excluding hydrogens is 308 g/mol. The van der Waals surface area contributed by atoms with Crippen LogP contribution in [0.4, 0.5) is 0 Å². The molecule has 0 atom stereocenters. The van der Waals surface area contributed by atoms with E-state index < -0.39 is 0 Å². The Morgan fingerprint density at radius 2 is 1.88 bits per heavy atom. The molecule has 1 aromatic heterocycles. The molecule has 2 fully saturated rings. The highest BCUT2D eigenvalue weighted by Crippen LogP contribution is 2.24. The fraction of sp³-hybridized carbons (Fsp3) is 0.667. The first-order valence-electron chi connectivity index (χ1n) is 8.85. The number of likely N-dealkylation sites (tertiary alicyclic amines) is 2. The van der Waals surface area contributed by atoms with Crippen molar-refractivity contribution in [2.75, 3.05) is 33.3 Å². The van der Waals surface area contributed by atoms with Crippen molar-refractivity contribution in [3.8, 4) is 0 Å². The third-order valence-electron chi connectivity index (χ3n) is 5.12. The molecule has 6 heteroatoms. The van der Waals surface area contributed by atoms with E-state index in [1.54, 1.807) is 6.07 Å². The number of methoxy groups -OCH3 is 1. The third kappa shape index (κ3) is 3.80. The van der Waals surface area contributed by atoms with Gasteiger partial charge in [-0.25, -0.2) is 4.79 Å². The second-order valence-electron chi connectivity index (χ2n) is 6.69. The van der Waals surface area contributed by atoms with Gasteiger partial charge in [-0.3, -0.25) is 9.69 Å². The fourth-order valence-electron chi connectivity index (χ4n) is 3.67. The van der Waals surface area contributed by atoms with Crippen molar-refractivity contribution in [1.82, 2.24) is 9.80 Å². The lowest BCUT2D eigenvalue weighted by molar-refractivity contribution is -0.138. The molecule has 2 aliphatic heterocycles. The minimum absolute atomic E-state index is 0.149. The first kappa shape index (κ1) is 17.0. The summed E-state index contributed by atoms with van der Waals surface area (Å²) in [6.45, 7) is 4.14. The van der Waals surface area contributed by atoms with Crippen LogP contribution in [-0.2, 0) is 16.1 Å². The zero-order valence-corrected chi connectivity index (χ0v) is 14.3. The second kappa shape index (κ2) is 7.83. The summed E-state index contributed by atoms with van der Waals surface area (Å²) in [5.74, 6) is 0.759. The molecule has 132 valence electrons. The van der Waals surface area contributed by atoms with E-state index in [2.05, 4.69) is 4.90 Å². The average Bonchev–Trinajstić information content (AvgIpc) is 3.10. The number of nitrogens with zero attached hydrogens (tertiary/aromatic N) is 2. The maximum atomic E-state index is 12.6. The number of rotatable bonds is 4. The third-order valence-corrected chi connectivity index (χ3v) is 5.12. The number of esters is 1. The van der Waals surface area contributed by atoms with E-state index in [9.17, 15) is 9.59 Å². The molecule has 0 radical (unpaired) electrons. The van der Waals surface area contributed by atoms with E-state index in [4.69, 9.17) is 9.15 Å². The zero-order chi connectivity index (χ0) is 16.9. The predicted octanol–water partition coefficient (Wildman–Crippen LogP) is 2.29. The highest BCUT2D eigenvalue weighted by Gasteiger charge is 2.30. The minimum atomic E-state index is -0.367. The maximum Gasteiger partial charge on any atom is 0.341 e. The van der Waals surface area contributed by atoms with Gasteiger partial charge < -0.3 is 14.1 Å². The van der Waals surface area contributed by atoms with Crippen molar-refractivity contribution < 1.29 is 18.7 Å². The molecule has 6 nitrogen and oxygen atoms in total. The van der Waals surface area contributed by atoms with Crippen LogP contribution in [0.1, 0.15) is 48.2 Å². The van der Waals surface area contributed by atoms with Crippen molar-refractivity contribution >= 4 is 11.9 Å². The van der Waals surface area contributed by atoms with Gasteiger partial charge in [0.2, 0.25) is 5.91 Å². The van der Waals surface area contributed by atoms with Crippen molar-refractivity contribution in [3.05, 3.63) is 23.7 Å². The van der Waals surface area contributed by atoms with Gasteiger partial charge in [-0.05, 0) is 51.3 Å². The van der Waals surface area contributed by atoms with E-state index in [0.717, 1.165) is 51.9 Å². The van der Waals surface area contributed by atoms with Crippen LogP contribution in [0.3, 0.4) is 0 Å². The van der Waals surface area contributed by atoms with Gasteiger partial charge in [-0.1, -0.05) is 0 Å². The first-order chi connectivity index (χ1) is 11.7. The zero-order valence-electron chi connectivity index (χ0n) is 14.3. The standard InChI is InChI=1S/C18H26N2O4/c1-23-18(22)15-7-12-24-16(15)13-19-10-5-14(6-11-19)17(21)20-8-3-2-4-9-20/h7,12,14H,2-6,8-11,13H2,1H3. The lowest BCUT2D eigenvalue weighted by Crippen LogP contribution is -2.44. The smallest absolute Gasteiger partial charge is 0.341 e. The second-order valence-corrected chi connectivity index (χ2v) is 6.69. The molecule has 0 saturated carbocycles. The van der Waals surface area contributed by atoms with Gasteiger partial charge in [0.25, 0.3) is 0 Å². The molecule has 2 saturated heterocycles. The Kier molecular flexibility index (Phi) is 5.56. The lowest BCUT2D eigenvalue weighted by Gasteiger charge is -2.35. The van der Waals surface area contributed by atoms with Gasteiger partial charge in [-0.2, -0.15) is 0 Å². The monoisotopic (exact) mass is 334 g/mol. The van der Waals surface area contributed by atoms with Crippen molar-refractivity contribution in [2.24, 2.45) is 5.92 Å². The number of carbonyl (C=O) groups is 2. The van der Waals surface area contributed by atoms with Crippen molar-refractivity contribution in [1.29, 1.82) is 0 Å². The predicted molar refractivity (Wildman–Crippen MR) is 88.5 cm³/mol. The Hall–Kier alpha value is -1.82. The van der Waals surface area contributed by atoms with Crippen LogP contribution in [0.15, 0.2) is 16.7 Å². The highest BCUT2D eigenvalue weighted by molar-refractivity contribution is 5.90. The molecule has 3 rings (SSSR count). The first-order valence-corrected chi connectivity index (χ1v) is 8.85. The van der Waals surface area contributed by atoms with Crippen LogP contribution in [0, 0.1) is 5.92 Å². The summed E-state index contributed by atoms with van der Waals surface area (Å²) >= 11 is 0. The Labute approximate surface area is 142 Å². The molecular formula is C18H26N2O4. The van der Waals surface area contributed by atoms with Crippen LogP contribution < -0.4 is 0 Å². The van der Waals surface area contributed by atoms with Gasteiger partial charge in [0.05, 0.1) is 19.9 Å². The van der Waals surface area contributed by atoms with Crippen LogP contribution >= 0.6 is 0 Å². The molecule has 0 bridgehead atoms. The Balaban J connectivity index is 1.51. The van der Waals surface area contributed by atoms with Crippen LogP contribution in [0.2, 0.25) is 0 Å². The molecule has 2 aliphatic rings. The number of furan rings is 1. The van der Waals surface area contributed by atoms with Gasteiger partial charge >= 0.3 is 5.97 Å². The number of ether oxygens (including phenoxy) is 1. The molecule has 0 spiro atoms.